The lowest BCUT2D eigenvalue weighted by Gasteiger charge is -2.38. The number of hydrogen-bond acceptors (Lipinski definition) is 7. The molecule has 35 heavy (non-hydrogen) atoms. The molecular weight excluding hydrogens is 505 g/mol. The maximum atomic E-state index is 14.1. The van der Waals surface area contributed by atoms with E-state index in [0.29, 0.717) is 18.8 Å². The van der Waals surface area contributed by atoms with Crippen LogP contribution in [0, 0.1) is 0 Å². The van der Waals surface area contributed by atoms with Crippen molar-refractivity contribution in [2.24, 2.45) is 4.99 Å². The molecule has 3 heterocycles. The number of thioether (sulfide) groups is 1. The lowest BCUT2D eigenvalue weighted by molar-refractivity contribution is -0.140. The number of esters is 1. The first-order chi connectivity index (χ1) is 16.6. The van der Waals surface area contributed by atoms with Gasteiger partial charge in [0.2, 0.25) is 5.91 Å². The largest absolute Gasteiger partial charge is 0.463 e. The fraction of sp³-hybridized carbons (Fsp3) is 0.435. The van der Waals surface area contributed by atoms with Crippen LogP contribution in [0.25, 0.3) is 0 Å². The smallest absolute Gasteiger partial charge is 0.434 e. The number of ether oxygens (including phenoxy) is 1. The number of carbonyl (C=O) groups is 2. The van der Waals surface area contributed by atoms with E-state index in [9.17, 15) is 22.8 Å². The van der Waals surface area contributed by atoms with Gasteiger partial charge in [-0.3, -0.25) is 4.79 Å². The molecule has 0 radical (unpaired) electrons. The monoisotopic (exact) mass is 528 g/mol. The fourth-order valence-electron chi connectivity index (χ4n) is 4.20. The predicted octanol–water partition coefficient (Wildman–Crippen LogP) is 4.18. The first kappa shape index (κ1) is 25.6. The summed E-state index contributed by atoms with van der Waals surface area (Å²) in [6.07, 6.45) is -4.95. The number of allylic oxidation sites excluding steroid dienone is 1. The summed E-state index contributed by atoms with van der Waals surface area (Å²) in [5, 5.41) is 1.82. The molecule has 1 amide bonds. The van der Waals surface area contributed by atoms with Crippen molar-refractivity contribution in [3.8, 4) is 0 Å². The zero-order valence-electron chi connectivity index (χ0n) is 19.1. The summed E-state index contributed by atoms with van der Waals surface area (Å²) in [6.45, 7) is 4.01. The van der Waals surface area contributed by atoms with E-state index in [1.54, 1.807) is 34.6 Å². The van der Waals surface area contributed by atoms with E-state index in [-0.39, 0.29) is 34.7 Å². The highest BCUT2D eigenvalue weighted by Crippen LogP contribution is 2.49. The molecule has 0 aliphatic carbocycles. The number of alkyl halides is 3. The quantitative estimate of drug-likeness (QED) is 0.534. The van der Waals surface area contributed by atoms with Crippen LogP contribution in [0.2, 0.25) is 5.02 Å². The summed E-state index contributed by atoms with van der Waals surface area (Å²) in [4.78, 5) is 35.2. The van der Waals surface area contributed by atoms with Crippen molar-refractivity contribution in [2.75, 3.05) is 39.8 Å². The summed E-state index contributed by atoms with van der Waals surface area (Å²) in [7, 11) is 1.98. The molecule has 0 bridgehead atoms. The van der Waals surface area contributed by atoms with E-state index in [0.717, 1.165) is 24.9 Å². The fourth-order valence-corrected chi connectivity index (χ4v) is 5.36. The number of rotatable bonds is 5. The SMILES string of the molecule is CCOC(=O)C1=C(C(F)(F)F)N=C2SC=C(CC(=O)N3CCN(C)CC3)N2C1c1ccccc1Cl. The molecule has 0 N–H and O–H groups in total. The molecule has 7 nitrogen and oxygen atoms in total. The third-order valence-corrected chi connectivity index (χ3v) is 7.20. The Labute approximate surface area is 210 Å². The van der Waals surface area contributed by atoms with Gasteiger partial charge in [0, 0.05) is 36.9 Å². The molecule has 1 aromatic rings. The number of aliphatic imine (C=N–C) groups is 1. The normalized spacial score (nSPS) is 21.0. The van der Waals surface area contributed by atoms with Crippen LogP contribution in [-0.4, -0.2) is 77.8 Å². The maximum Gasteiger partial charge on any atom is 0.434 e. The van der Waals surface area contributed by atoms with Gasteiger partial charge in [-0.25, -0.2) is 9.79 Å². The van der Waals surface area contributed by atoms with Gasteiger partial charge in [0.15, 0.2) is 10.9 Å². The molecule has 3 aliphatic heterocycles. The van der Waals surface area contributed by atoms with Crippen molar-refractivity contribution in [1.82, 2.24) is 14.7 Å². The second kappa shape index (κ2) is 10.2. The number of amides is 1. The average molecular weight is 529 g/mol. The predicted molar refractivity (Wildman–Crippen MR) is 128 cm³/mol. The Hall–Kier alpha value is -2.50. The molecular formula is C23H24ClF3N4O3S. The topological polar surface area (TPSA) is 65.5 Å². The first-order valence-corrected chi connectivity index (χ1v) is 12.3. The number of amidine groups is 1. The number of halogens is 4. The molecule has 188 valence electrons. The molecule has 0 saturated carbocycles. The van der Waals surface area contributed by atoms with Crippen molar-refractivity contribution in [1.29, 1.82) is 0 Å². The molecule has 1 atom stereocenters. The third kappa shape index (κ3) is 5.22. The maximum absolute atomic E-state index is 14.1. The lowest BCUT2D eigenvalue weighted by atomic mass is 9.93. The standard InChI is InChI=1S/C23H24ClF3N4O3S/c1-3-34-21(33)18-19(15-6-4-5-7-16(15)24)31-14(12-17(32)30-10-8-29(2)9-11-30)13-35-22(31)28-20(18)23(25,26)27/h4-7,13,19H,3,8-12H2,1-2H3. The zero-order chi connectivity index (χ0) is 25.3. The van der Waals surface area contributed by atoms with Gasteiger partial charge in [0.05, 0.1) is 24.6 Å². The van der Waals surface area contributed by atoms with Crippen molar-refractivity contribution in [3.05, 3.63) is 57.2 Å². The number of benzene rings is 1. The van der Waals surface area contributed by atoms with Crippen LogP contribution in [-0.2, 0) is 14.3 Å². The average Bonchev–Trinajstić information content (AvgIpc) is 3.21. The molecule has 1 fully saturated rings. The number of carbonyl (C=O) groups excluding carboxylic acids is 2. The van der Waals surface area contributed by atoms with E-state index in [1.165, 1.54) is 11.8 Å². The second-order valence-electron chi connectivity index (χ2n) is 8.26. The Kier molecular flexibility index (Phi) is 7.48. The number of piperazine rings is 1. The summed E-state index contributed by atoms with van der Waals surface area (Å²) < 4.78 is 47.3. The van der Waals surface area contributed by atoms with Gasteiger partial charge in [0.1, 0.15) is 0 Å². The van der Waals surface area contributed by atoms with Crippen LogP contribution in [0.3, 0.4) is 0 Å². The summed E-state index contributed by atoms with van der Waals surface area (Å²) >= 11 is 7.40. The van der Waals surface area contributed by atoms with Crippen LogP contribution < -0.4 is 0 Å². The summed E-state index contributed by atoms with van der Waals surface area (Å²) in [5.41, 5.74) is -1.24. The number of hydrogen-bond donors (Lipinski definition) is 0. The third-order valence-electron chi connectivity index (χ3n) is 5.96. The molecule has 4 rings (SSSR count). The number of nitrogens with zero attached hydrogens (tertiary/aromatic N) is 4. The van der Waals surface area contributed by atoms with Gasteiger partial charge in [-0.2, -0.15) is 13.2 Å². The van der Waals surface area contributed by atoms with Crippen LogP contribution >= 0.6 is 23.4 Å². The van der Waals surface area contributed by atoms with E-state index in [4.69, 9.17) is 16.3 Å². The van der Waals surface area contributed by atoms with Crippen LogP contribution in [0.4, 0.5) is 13.2 Å². The van der Waals surface area contributed by atoms with Crippen molar-refractivity contribution in [2.45, 2.75) is 25.6 Å². The minimum absolute atomic E-state index is 0.0245. The second-order valence-corrected chi connectivity index (χ2v) is 9.50. The Morgan fingerprint density at radius 1 is 1.20 bits per heavy atom. The molecule has 12 heteroatoms. The van der Waals surface area contributed by atoms with E-state index in [1.807, 2.05) is 7.05 Å². The Morgan fingerprint density at radius 3 is 2.51 bits per heavy atom. The van der Waals surface area contributed by atoms with Gasteiger partial charge in [-0.1, -0.05) is 41.6 Å². The van der Waals surface area contributed by atoms with Crippen molar-refractivity contribution < 1.29 is 27.5 Å². The Morgan fingerprint density at radius 2 is 1.89 bits per heavy atom. The van der Waals surface area contributed by atoms with Crippen LogP contribution in [0.15, 0.2) is 51.6 Å². The molecule has 0 aromatic heterocycles. The van der Waals surface area contributed by atoms with Gasteiger partial charge in [0.25, 0.3) is 0 Å². The molecule has 0 spiro atoms. The molecule has 1 saturated heterocycles. The molecule has 1 aromatic carbocycles. The minimum atomic E-state index is -4.90. The Bertz CT molecular complexity index is 1110. The van der Waals surface area contributed by atoms with E-state index in [2.05, 4.69) is 9.89 Å². The van der Waals surface area contributed by atoms with Crippen LogP contribution in [0.1, 0.15) is 24.9 Å². The van der Waals surface area contributed by atoms with Gasteiger partial charge in [-0.15, -0.1) is 0 Å². The molecule has 3 aliphatic rings. The van der Waals surface area contributed by atoms with E-state index >= 15 is 0 Å². The van der Waals surface area contributed by atoms with E-state index < -0.39 is 29.5 Å². The summed E-state index contributed by atoms with van der Waals surface area (Å²) in [6, 6.07) is 5.12. The number of likely N-dealkylation sites (N-methyl/N-ethyl adjacent to an activating group) is 1. The highest BCUT2D eigenvalue weighted by molar-refractivity contribution is 8.16. The Balaban J connectivity index is 1.77. The lowest BCUT2D eigenvalue weighted by Crippen LogP contribution is -2.47. The van der Waals surface area contributed by atoms with Crippen molar-refractivity contribution in [3.63, 3.8) is 0 Å². The number of fused-ring (bicyclic) bond motifs is 1. The highest BCUT2D eigenvalue weighted by Gasteiger charge is 2.49. The summed E-state index contributed by atoms with van der Waals surface area (Å²) in [5.74, 6) is -1.28. The van der Waals surface area contributed by atoms with Gasteiger partial charge >= 0.3 is 12.1 Å². The minimum Gasteiger partial charge on any atom is -0.463 e. The molecule has 1 unspecified atom stereocenters. The van der Waals surface area contributed by atoms with Crippen molar-refractivity contribution >= 4 is 40.4 Å². The van der Waals surface area contributed by atoms with Gasteiger partial charge < -0.3 is 19.4 Å². The van der Waals surface area contributed by atoms with Crippen LogP contribution in [0.5, 0.6) is 0 Å². The van der Waals surface area contributed by atoms with Gasteiger partial charge in [-0.05, 0) is 31.0 Å². The zero-order valence-corrected chi connectivity index (χ0v) is 20.7. The first-order valence-electron chi connectivity index (χ1n) is 11.0. The highest BCUT2D eigenvalue weighted by atomic mass is 35.5.